The number of carbonyl (C=O) groups is 3. The largest absolute Gasteiger partial charge is 0.462 e. The molecule has 0 fully saturated rings. The molecule has 0 aromatic rings. The minimum Gasteiger partial charge on any atom is -0.462 e. The first kappa shape index (κ1) is 78.4. The molecule has 1 atom stereocenters. The van der Waals surface area contributed by atoms with E-state index >= 15 is 0 Å². The highest BCUT2D eigenvalue weighted by Crippen LogP contribution is 2.19. The fourth-order valence-electron chi connectivity index (χ4n) is 11.0. The van der Waals surface area contributed by atoms with Crippen LogP contribution < -0.4 is 0 Å². The molecule has 0 saturated carbocycles. The summed E-state index contributed by atoms with van der Waals surface area (Å²) >= 11 is 0. The second-order valence-corrected chi connectivity index (χ2v) is 24.5. The van der Waals surface area contributed by atoms with Gasteiger partial charge in [-0.05, 0) is 44.9 Å². The van der Waals surface area contributed by atoms with Crippen LogP contribution in [0.5, 0.6) is 0 Å². The molecule has 0 rings (SSSR count). The highest BCUT2D eigenvalue weighted by atomic mass is 16.6. The van der Waals surface area contributed by atoms with Crippen LogP contribution in [-0.4, -0.2) is 37.2 Å². The van der Waals surface area contributed by atoms with Crippen LogP contribution in [0.1, 0.15) is 393 Å². The molecule has 0 N–H and O–H groups in total. The second kappa shape index (κ2) is 69.9. The third kappa shape index (κ3) is 68.0. The topological polar surface area (TPSA) is 78.9 Å². The number of unbranched alkanes of at least 4 members (excludes halogenated alkanes) is 48. The van der Waals surface area contributed by atoms with Gasteiger partial charge in [0.1, 0.15) is 13.2 Å². The first-order valence-electron chi connectivity index (χ1n) is 36.1. The number of rotatable bonds is 67. The van der Waals surface area contributed by atoms with Crippen LogP contribution in [0, 0.1) is 0 Å². The molecule has 0 aromatic heterocycles. The van der Waals surface area contributed by atoms with Gasteiger partial charge in [-0.1, -0.05) is 378 Å². The van der Waals surface area contributed by atoms with E-state index in [2.05, 4.69) is 63.3 Å². The van der Waals surface area contributed by atoms with Gasteiger partial charge < -0.3 is 14.2 Å². The van der Waals surface area contributed by atoms with E-state index < -0.39 is 6.10 Å². The summed E-state index contributed by atoms with van der Waals surface area (Å²) in [6.07, 6.45) is 89.0. The van der Waals surface area contributed by atoms with Crippen molar-refractivity contribution < 1.29 is 28.6 Å². The Kier molecular flexibility index (Phi) is 67.6. The molecule has 0 spiro atoms. The van der Waals surface area contributed by atoms with Crippen molar-refractivity contribution in [2.24, 2.45) is 0 Å². The number of ether oxygens (including phenoxy) is 3. The van der Waals surface area contributed by atoms with Gasteiger partial charge in [-0.2, -0.15) is 0 Å². The zero-order valence-electron chi connectivity index (χ0n) is 54.6. The predicted octanol–water partition coefficient (Wildman–Crippen LogP) is 24.9. The predicted molar refractivity (Wildman–Crippen MR) is 353 cm³/mol. The standard InChI is InChI=1S/C75H138O6/c1-4-7-10-13-16-19-22-25-27-29-31-32-33-34-35-36-37-38-39-40-41-42-44-45-47-50-53-56-59-62-65-68-74(77)80-71-72(70-79-73(76)67-64-61-58-55-52-49-24-21-18-15-12-9-6-3)81-75(78)69-66-63-60-57-54-51-48-46-43-30-28-26-23-20-17-14-11-8-5-2/h9,12,18,21,49,52,58,61,72H,4-8,10-11,13-17,19-20,22-48,50-51,53-57,59-60,62-71H2,1-3H3/b12-9-,21-18-,52-49-,61-58-. The Morgan fingerprint density at radius 2 is 0.481 bits per heavy atom. The van der Waals surface area contributed by atoms with Gasteiger partial charge in [-0.25, -0.2) is 0 Å². The van der Waals surface area contributed by atoms with Gasteiger partial charge in [0.2, 0.25) is 0 Å². The third-order valence-corrected chi connectivity index (χ3v) is 16.4. The normalized spacial score (nSPS) is 12.3. The van der Waals surface area contributed by atoms with E-state index in [4.69, 9.17) is 14.2 Å². The fourth-order valence-corrected chi connectivity index (χ4v) is 11.0. The SMILES string of the molecule is CC/C=C\C/C=C\C/C=C\C/C=C\CCC(=O)OCC(COC(=O)CCCCCCCCCCCCCCCCCCCCCCCCCCCCCCCCC)OC(=O)CCCCCCCCCCCCCCCCCCCCC. The summed E-state index contributed by atoms with van der Waals surface area (Å²) in [6, 6.07) is 0. The van der Waals surface area contributed by atoms with Crippen LogP contribution in [0.25, 0.3) is 0 Å². The number of hydrogen-bond donors (Lipinski definition) is 0. The minimum absolute atomic E-state index is 0.0898. The number of carbonyl (C=O) groups excluding carboxylic acids is 3. The molecule has 81 heavy (non-hydrogen) atoms. The van der Waals surface area contributed by atoms with Gasteiger partial charge in [0, 0.05) is 19.3 Å². The van der Waals surface area contributed by atoms with Crippen LogP contribution in [0.15, 0.2) is 48.6 Å². The van der Waals surface area contributed by atoms with Crippen molar-refractivity contribution in [1.82, 2.24) is 0 Å². The molecule has 0 aliphatic carbocycles. The molecule has 0 amide bonds. The second-order valence-electron chi connectivity index (χ2n) is 24.5. The fraction of sp³-hybridized carbons (Fsp3) is 0.853. The van der Waals surface area contributed by atoms with E-state index in [1.54, 1.807) is 0 Å². The van der Waals surface area contributed by atoms with Crippen molar-refractivity contribution in [3.8, 4) is 0 Å². The Morgan fingerprint density at radius 1 is 0.259 bits per heavy atom. The van der Waals surface area contributed by atoms with Crippen LogP contribution in [0.4, 0.5) is 0 Å². The molecule has 6 heteroatoms. The lowest BCUT2D eigenvalue weighted by Gasteiger charge is -2.18. The lowest BCUT2D eigenvalue weighted by atomic mass is 10.0. The summed E-state index contributed by atoms with van der Waals surface area (Å²) in [6.45, 7) is 6.54. The van der Waals surface area contributed by atoms with Crippen LogP contribution in [0.3, 0.4) is 0 Å². The molecule has 1 unspecified atom stereocenters. The van der Waals surface area contributed by atoms with Crippen LogP contribution in [-0.2, 0) is 28.6 Å². The van der Waals surface area contributed by atoms with Crippen LogP contribution in [0.2, 0.25) is 0 Å². The highest BCUT2D eigenvalue weighted by molar-refractivity contribution is 5.71. The number of esters is 3. The summed E-state index contributed by atoms with van der Waals surface area (Å²) in [7, 11) is 0. The lowest BCUT2D eigenvalue weighted by Crippen LogP contribution is -2.30. The Balaban J connectivity index is 4.16. The molecule has 0 saturated heterocycles. The van der Waals surface area contributed by atoms with Crippen molar-refractivity contribution in [2.45, 2.75) is 399 Å². The molecule has 0 aliphatic rings. The quantitative estimate of drug-likeness (QED) is 0.0261. The number of allylic oxidation sites excluding steroid dienone is 8. The van der Waals surface area contributed by atoms with Gasteiger partial charge in [0.15, 0.2) is 6.10 Å². The summed E-state index contributed by atoms with van der Waals surface area (Å²) < 4.78 is 16.9. The first-order valence-corrected chi connectivity index (χ1v) is 36.1. The summed E-state index contributed by atoms with van der Waals surface area (Å²) in [4.78, 5) is 38.3. The molecule has 474 valence electrons. The summed E-state index contributed by atoms with van der Waals surface area (Å²) in [5.41, 5.74) is 0. The van der Waals surface area contributed by atoms with E-state index in [9.17, 15) is 14.4 Å². The molecule has 0 aromatic carbocycles. The van der Waals surface area contributed by atoms with Crippen LogP contribution >= 0.6 is 0 Å². The van der Waals surface area contributed by atoms with Gasteiger partial charge in [0.25, 0.3) is 0 Å². The molecule has 0 aliphatic heterocycles. The maximum absolute atomic E-state index is 12.9. The maximum atomic E-state index is 12.9. The van der Waals surface area contributed by atoms with Gasteiger partial charge in [-0.15, -0.1) is 0 Å². The average molecular weight is 1140 g/mol. The Morgan fingerprint density at radius 3 is 0.753 bits per heavy atom. The minimum atomic E-state index is -0.800. The van der Waals surface area contributed by atoms with E-state index in [-0.39, 0.29) is 37.5 Å². The van der Waals surface area contributed by atoms with Crippen molar-refractivity contribution in [3.05, 3.63) is 48.6 Å². The van der Waals surface area contributed by atoms with Gasteiger partial charge in [0.05, 0.1) is 0 Å². The van der Waals surface area contributed by atoms with E-state index in [1.807, 2.05) is 6.08 Å². The van der Waals surface area contributed by atoms with Crippen molar-refractivity contribution >= 4 is 17.9 Å². The first-order chi connectivity index (χ1) is 40.0. The maximum Gasteiger partial charge on any atom is 0.306 e. The molecular formula is C75H138O6. The Bertz CT molecular complexity index is 1400. The summed E-state index contributed by atoms with van der Waals surface area (Å²) in [5, 5.41) is 0. The van der Waals surface area contributed by atoms with Crippen molar-refractivity contribution in [3.63, 3.8) is 0 Å². The zero-order chi connectivity index (χ0) is 58.5. The van der Waals surface area contributed by atoms with E-state index in [0.29, 0.717) is 19.3 Å². The molecule has 0 bridgehead atoms. The molecule has 0 radical (unpaired) electrons. The smallest absolute Gasteiger partial charge is 0.306 e. The third-order valence-electron chi connectivity index (χ3n) is 16.4. The highest BCUT2D eigenvalue weighted by Gasteiger charge is 2.19. The van der Waals surface area contributed by atoms with Crippen molar-refractivity contribution in [2.75, 3.05) is 13.2 Å². The zero-order valence-corrected chi connectivity index (χ0v) is 54.6. The Labute approximate surface area is 505 Å². The molecular weight excluding hydrogens is 997 g/mol. The Hall–Kier alpha value is -2.63. The molecule has 6 nitrogen and oxygen atoms in total. The lowest BCUT2D eigenvalue weighted by molar-refractivity contribution is -0.166. The van der Waals surface area contributed by atoms with E-state index in [1.165, 1.54) is 283 Å². The van der Waals surface area contributed by atoms with Gasteiger partial charge in [-0.3, -0.25) is 14.4 Å². The number of hydrogen-bond acceptors (Lipinski definition) is 6. The van der Waals surface area contributed by atoms with E-state index in [0.717, 1.165) is 64.2 Å². The van der Waals surface area contributed by atoms with Gasteiger partial charge >= 0.3 is 17.9 Å². The molecule has 0 heterocycles. The van der Waals surface area contributed by atoms with Crippen molar-refractivity contribution in [1.29, 1.82) is 0 Å². The summed E-state index contributed by atoms with van der Waals surface area (Å²) in [5.74, 6) is -0.948. The monoisotopic (exact) mass is 1140 g/mol. The average Bonchev–Trinajstić information content (AvgIpc) is 3.46.